The zero-order valence-electron chi connectivity index (χ0n) is 19.8. The lowest BCUT2D eigenvalue weighted by atomic mass is 10.1. The lowest BCUT2D eigenvalue weighted by Crippen LogP contribution is -2.16. The number of H-pyrrole nitrogens is 1. The molecule has 9 nitrogen and oxygen atoms in total. The minimum atomic E-state index is -0.490. The molecule has 0 aliphatic heterocycles. The number of ether oxygens (including phenoxy) is 1. The average molecular weight is 482 g/mol. The molecule has 1 aromatic carbocycles. The molecule has 178 valence electrons. The zero-order chi connectivity index (χ0) is 24.6. The second-order valence-corrected chi connectivity index (χ2v) is 9.73. The summed E-state index contributed by atoms with van der Waals surface area (Å²) >= 11 is 1.31. The topological polar surface area (TPSA) is 119 Å². The van der Waals surface area contributed by atoms with Crippen molar-refractivity contribution < 1.29 is 19.1 Å². The van der Waals surface area contributed by atoms with Gasteiger partial charge in [0.15, 0.2) is 10.9 Å². The largest absolute Gasteiger partial charge is 0.465 e. The first-order valence-corrected chi connectivity index (χ1v) is 11.9. The van der Waals surface area contributed by atoms with Crippen LogP contribution in [0.1, 0.15) is 70.5 Å². The van der Waals surface area contributed by atoms with Gasteiger partial charge in [-0.2, -0.15) is 0 Å². The zero-order valence-corrected chi connectivity index (χ0v) is 20.6. The number of methoxy groups -OCH3 is 1. The smallest absolute Gasteiger partial charge is 0.339 e. The fourth-order valence-electron chi connectivity index (χ4n) is 3.95. The van der Waals surface area contributed by atoms with Crippen LogP contribution in [0.2, 0.25) is 0 Å². The number of esters is 1. The summed E-state index contributed by atoms with van der Waals surface area (Å²) in [5, 5.41) is 11.7. The fraction of sp³-hybridized carbons (Fsp3) is 0.375. The van der Waals surface area contributed by atoms with Gasteiger partial charge >= 0.3 is 5.97 Å². The standard InChI is InChI=1S/C24H27N5O4S/c1-12-19(23(32)33-5)13(2)25-20(12)21(31)14(3)34-24-28-27-22(16-9-10-16)29(24)18-8-6-7-17(11-18)26-15(4)30/h6-8,11,14,16,25H,9-10H2,1-5H3,(H,26,30)/t14-/m0/s1. The lowest BCUT2D eigenvalue weighted by Gasteiger charge is -2.14. The molecular weight excluding hydrogens is 454 g/mol. The summed E-state index contributed by atoms with van der Waals surface area (Å²) in [7, 11) is 1.32. The molecule has 0 spiro atoms. The Morgan fingerprint density at radius 2 is 1.97 bits per heavy atom. The van der Waals surface area contributed by atoms with Crippen LogP contribution >= 0.6 is 11.8 Å². The van der Waals surface area contributed by atoms with Crippen molar-refractivity contribution >= 4 is 35.1 Å². The van der Waals surface area contributed by atoms with Gasteiger partial charge in [-0.1, -0.05) is 17.8 Å². The van der Waals surface area contributed by atoms with Gasteiger partial charge in [0.1, 0.15) is 5.82 Å². The number of benzene rings is 1. The summed E-state index contributed by atoms with van der Waals surface area (Å²) in [4.78, 5) is 40.0. The summed E-state index contributed by atoms with van der Waals surface area (Å²) in [5.41, 5.74) is 3.44. The first kappa shape index (κ1) is 23.7. The first-order chi connectivity index (χ1) is 16.2. The highest BCUT2D eigenvalue weighted by molar-refractivity contribution is 8.00. The Labute approximate surface area is 201 Å². The third-order valence-electron chi connectivity index (χ3n) is 5.75. The molecule has 1 atom stereocenters. The maximum Gasteiger partial charge on any atom is 0.339 e. The number of nitrogens with one attached hydrogen (secondary N) is 2. The van der Waals surface area contributed by atoms with Crippen LogP contribution in [0.25, 0.3) is 5.69 Å². The van der Waals surface area contributed by atoms with Crippen molar-refractivity contribution in [2.45, 2.75) is 56.9 Å². The molecule has 34 heavy (non-hydrogen) atoms. The highest BCUT2D eigenvalue weighted by Gasteiger charge is 2.33. The predicted molar refractivity (Wildman–Crippen MR) is 129 cm³/mol. The summed E-state index contributed by atoms with van der Waals surface area (Å²) in [6, 6.07) is 7.48. The number of rotatable bonds is 8. The molecular formula is C24H27N5O4S. The Bertz CT molecular complexity index is 1270. The monoisotopic (exact) mass is 481 g/mol. The molecule has 0 unspecified atom stereocenters. The third-order valence-corrected chi connectivity index (χ3v) is 6.79. The van der Waals surface area contributed by atoms with Crippen molar-refractivity contribution in [3.8, 4) is 5.69 Å². The Morgan fingerprint density at radius 1 is 1.24 bits per heavy atom. The molecule has 3 aromatic rings. The van der Waals surface area contributed by atoms with Crippen molar-refractivity contribution in [1.29, 1.82) is 0 Å². The van der Waals surface area contributed by atoms with Crippen molar-refractivity contribution in [2.75, 3.05) is 12.4 Å². The van der Waals surface area contributed by atoms with Gasteiger partial charge in [0.2, 0.25) is 5.91 Å². The molecule has 1 fully saturated rings. The number of anilines is 1. The summed E-state index contributed by atoms with van der Waals surface area (Å²) in [6.07, 6.45) is 2.08. The molecule has 2 aromatic heterocycles. The molecule has 2 heterocycles. The number of aromatic nitrogens is 4. The number of amides is 1. The summed E-state index contributed by atoms with van der Waals surface area (Å²) in [6.45, 7) is 6.76. The fourth-order valence-corrected chi connectivity index (χ4v) is 4.89. The number of aromatic amines is 1. The van der Waals surface area contributed by atoms with Gasteiger partial charge in [-0.3, -0.25) is 14.2 Å². The van der Waals surface area contributed by atoms with Gasteiger partial charge in [0.25, 0.3) is 0 Å². The van der Waals surface area contributed by atoms with E-state index in [-0.39, 0.29) is 11.7 Å². The van der Waals surface area contributed by atoms with Crippen LogP contribution in [0.5, 0.6) is 0 Å². The van der Waals surface area contributed by atoms with Gasteiger partial charge in [0.05, 0.1) is 29.3 Å². The van der Waals surface area contributed by atoms with Gasteiger partial charge in [-0.15, -0.1) is 10.2 Å². The van der Waals surface area contributed by atoms with Crippen LogP contribution < -0.4 is 5.32 Å². The second kappa shape index (κ2) is 9.46. The van der Waals surface area contributed by atoms with Crippen LogP contribution in [0.15, 0.2) is 29.4 Å². The maximum atomic E-state index is 13.3. The van der Waals surface area contributed by atoms with Crippen molar-refractivity contribution in [3.63, 3.8) is 0 Å². The van der Waals surface area contributed by atoms with E-state index in [1.807, 2.05) is 35.8 Å². The number of aryl methyl sites for hydroxylation is 1. The van der Waals surface area contributed by atoms with Gasteiger partial charge in [-0.05, 0) is 57.4 Å². The van der Waals surface area contributed by atoms with E-state index in [1.165, 1.54) is 25.8 Å². The van der Waals surface area contributed by atoms with Gasteiger partial charge in [0, 0.05) is 24.2 Å². The minimum Gasteiger partial charge on any atom is -0.465 e. The molecule has 1 amide bonds. The number of ketones is 1. The van der Waals surface area contributed by atoms with Crippen LogP contribution in [-0.2, 0) is 9.53 Å². The third kappa shape index (κ3) is 4.63. The normalized spacial score (nSPS) is 14.0. The van der Waals surface area contributed by atoms with Crippen LogP contribution in [-0.4, -0.2) is 49.8 Å². The highest BCUT2D eigenvalue weighted by Crippen LogP contribution is 2.42. The number of thioether (sulfide) groups is 1. The second-order valence-electron chi connectivity index (χ2n) is 8.42. The average Bonchev–Trinajstić information content (AvgIpc) is 3.49. The molecule has 1 aliphatic rings. The molecule has 10 heteroatoms. The number of nitrogens with zero attached hydrogens (tertiary/aromatic N) is 3. The first-order valence-electron chi connectivity index (χ1n) is 11.0. The number of Topliss-reactive ketones (excluding diaryl/α,β-unsaturated/α-hetero) is 1. The quantitative estimate of drug-likeness (QED) is 0.281. The Hall–Kier alpha value is -3.40. The van der Waals surface area contributed by atoms with Gasteiger partial charge < -0.3 is 15.0 Å². The number of hydrogen-bond acceptors (Lipinski definition) is 7. The summed E-state index contributed by atoms with van der Waals surface area (Å²) in [5.74, 6) is 0.406. The Morgan fingerprint density at radius 3 is 2.62 bits per heavy atom. The summed E-state index contributed by atoms with van der Waals surface area (Å²) < 4.78 is 6.82. The van der Waals surface area contributed by atoms with Crippen molar-refractivity contribution in [2.24, 2.45) is 0 Å². The Kier molecular flexibility index (Phi) is 6.60. The van der Waals surface area contributed by atoms with E-state index in [0.29, 0.717) is 39.3 Å². The molecule has 0 bridgehead atoms. The molecule has 1 aliphatic carbocycles. The van der Waals surface area contributed by atoms with Crippen LogP contribution in [0, 0.1) is 13.8 Å². The van der Waals surface area contributed by atoms with Crippen LogP contribution in [0.4, 0.5) is 5.69 Å². The number of hydrogen-bond donors (Lipinski definition) is 2. The number of carbonyl (C=O) groups excluding carboxylic acids is 3. The molecule has 4 rings (SSSR count). The number of carbonyl (C=O) groups is 3. The molecule has 2 N–H and O–H groups in total. The van der Waals surface area contributed by atoms with Crippen molar-refractivity contribution in [3.05, 3.63) is 52.6 Å². The van der Waals surface area contributed by atoms with E-state index in [1.54, 1.807) is 13.8 Å². The van der Waals surface area contributed by atoms with E-state index < -0.39 is 11.2 Å². The highest BCUT2D eigenvalue weighted by atomic mass is 32.2. The Balaban J connectivity index is 1.65. The van der Waals surface area contributed by atoms with E-state index in [4.69, 9.17) is 4.74 Å². The molecule has 0 radical (unpaired) electrons. The van der Waals surface area contributed by atoms with E-state index in [0.717, 1.165) is 24.4 Å². The minimum absolute atomic E-state index is 0.143. The molecule has 1 saturated carbocycles. The lowest BCUT2D eigenvalue weighted by molar-refractivity contribution is -0.114. The SMILES string of the molecule is COC(=O)c1c(C)[nH]c(C(=O)[C@H](C)Sc2nnc(C3CC3)n2-c2cccc(NC(C)=O)c2)c1C. The van der Waals surface area contributed by atoms with Crippen molar-refractivity contribution in [1.82, 2.24) is 19.7 Å². The van der Waals surface area contributed by atoms with E-state index in [9.17, 15) is 14.4 Å². The van der Waals surface area contributed by atoms with Gasteiger partial charge in [-0.25, -0.2) is 4.79 Å². The van der Waals surface area contributed by atoms with E-state index >= 15 is 0 Å². The predicted octanol–water partition coefficient (Wildman–Crippen LogP) is 4.20. The van der Waals surface area contributed by atoms with E-state index in [2.05, 4.69) is 20.5 Å². The molecule has 0 saturated heterocycles. The van der Waals surface area contributed by atoms with Crippen LogP contribution in [0.3, 0.4) is 0 Å². The maximum absolute atomic E-state index is 13.3.